The first-order valence-corrected chi connectivity index (χ1v) is 9.34. The highest BCUT2D eigenvalue weighted by molar-refractivity contribution is 7.12. The van der Waals surface area contributed by atoms with E-state index in [0.717, 1.165) is 48.3 Å². The number of nitrogens with zero attached hydrogens (tertiary/aromatic N) is 4. The Kier molecular flexibility index (Phi) is 4.24. The van der Waals surface area contributed by atoms with E-state index in [4.69, 9.17) is 0 Å². The molecule has 7 heteroatoms. The van der Waals surface area contributed by atoms with Gasteiger partial charge < -0.3 is 10.0 Å². The molecule has 2 aromatic rings. The molecule has 3 heterocycles. The van der Waals surface area contributed by atoms with Crippen LogP contribution in [0.2, 0.25) is 0 Å². The summed E-state index contributed by atoms with van der Waals surface area (Å²) in [4.78, 5) is 22.3. The molecular weight excluding hydrogens is 324 g/mol. The van der Waals surface area contributed by atoms with Crippen molar-refractivity contribution in [2.45, 2.75) is 38.3 Å². The third-order valence-corrected chi connectivity index (χ3v) is 6.13. The number of amides is 1. The molecule has 2 aliphatic rings. The molecular formula is C17H22N4O2S. The zero-order valence-corrected chi connectivity index (χ0v) is 14.6. The van der Waals surface area contributed by atoms with Crippen LogP contribution < -0.4 is 0 Å². The van der Waals surface area contributed by atoms with Gasteiger partial charge in [-0.1, -0.05) is 0 Å². The minimum Gasteiger partial charge on any atom is -0.391 e. The van der Waals surface area contributed by atoms with Gasteiger partial charge in [-0.05, 0) is 43.8 Å². The second-order valence-corrected chi connectivity index (χ2v) is 7.49. The molecule has 0 radical (unpaired) electrons. The number of aromatic nitrogens is 2. The van der Waals surface area contributed by atoms with Crippen LogP contribution in [0.1, 0.15) is 35.3 Å². The Morgan fingerprint density at radius 3 is 2.79 bits per heavy atom. The number of rotatable bonds is 2. The van der Waals surface area contributed by atoms with E-state index < -0.39 is 0 Å². The molecule has 0 spiro atoms. The van der Waals surface area contributed by atoms with Crippen LogP contribution in [-0.2, 0) is 0 Å². The Balaban J connectivity index is 1.44. The number of hydrogen-bond acceptors (Lipinski definition) is 6. The summed E-state index contributed by atoms with van der Waals surface area (Å²) in [6.45, 7) is 5.03. The van der Waals surface area contributed by atoms with Gasteiger partial charge >= 0.3 is 0 Å². The molecule has 0 aromatic carbocycles. The fourth-order valence-electron chi connectivity index (χ4n) is 3.85. The molecule has 128 valence electrons. The molecule has 0 unspecified atom stereocenters. The third kappa shape index (κ3) is 2.81. The molecule has 2 fully saturated rings. The van der Waals surface area contributed by atoms with Crippen molar-refractivity contribution >= 4 is 27.7 Å². The maximum Gasteiger partial charge on any atom is 0.255 e. The van der Waals surface area contributed by atoms with Crippen LogP contribution >= 0.6 is 11.5 Å². The Bertz CT molecular complexity index is 754. The van der Waals surface area contributed by atoms with Crippen LogP contribution in [0.15, 0.2) is 12.3 Å². The maximum absolute atomic E-state index is 12.8. The number of aryl methyl sites for hydroxylation is 1. The van der Waals surface area contributed by atoms with Gasteiger partial charge in [0.2, 0.25) is 0 Å². The summed E-state index contributed by atoms with van der Waals surface area (Å²) >= 11 is 1.37. The van der Waals surface area contributed by atoms with Gasteiger partial charge in [-0.25, -0.2) is 4.98 Å². The lowest BCUT2D eigenvalue weighted by Crippen LogP contribution is -2.53. The molecule has 2 atom stereocenters. The third-order valence-electron chi connectivity index (χ3n) is 5.27. The van der Waals surface area contributed by atoms with Gasteiger partial charge in [-0.2, -0.15) is 4.37 Å². The quantitative estimate of drug-likeness (QED) is 0.896. The van der Waals surface area contributed by atoms with Crippen LogP contribution in [-0.4, -0.2) is 68.5 Å². The van der Waals surface area contributed by atoms with E-state index in [9.17, 15) is 9.90 Å². The number of pyridine rings is 1. The summed E-state index contributed by atoms with van der Waals surface area (Å²) in [6, 6.07) is 2.19. The molecule has 6 nitrogen and oxygen atoms in total. The Morgan fingerprint density at radius 2 is 2.08 bits per heavy atom. The monoisotopic (exact) mass is 346 g/mol. The van der Waals surface area contributed by atoms with Crippen molar-refractivity contribution in [1.29, 1.82) is 0 Å². The summed E-state index contributed by atoms with van der Waals surface area (Å²) in [5, 5.41) is 11.0. The van der Waals surface area contributed by atoms with Gasteiger partial charge in [0.05, 0.1) is 17.4 Å². The fraction of sp³-hybridized carbons (Fsp3) is 0.588. The predicted octanol–water partition coefficient (Wildman–Crippen LogP) is 1.67. The van der Waals surface area contributed by atoms with Crippen molar-refractivity contribution in [3.63, 3.8) is 0 Å². The second kappa shape index (κ2) is 6.38. The molecule has 24 heavy (non-hydrogen) atoms. The predicted molar refractivity (Wildman–Crippen MR) is 93.3 cm³/mol. The molecule has 1 aliphatic heterocycles. The van der Waals surface area contributed by atoms with Crippen LogP contribution in [0.25, 0.3) is 10.2 Å². The first kappa shape index (κ1) is 15.9. The first-order valence-electron chi connectivity index (χ1n) is 8.57. The van der Waals surface area contributed by atoms with E-state index in [1.165, 1.54) is 11.5 Å². The van der Waals surface area contributed by atoms with Gasteiger partial charge in [0.15, 0.2) is 0 Å². The normalized spacial score (nSPS) is 25.5. The van der Waals surface area contributed by atoms with Crippen molar-refractivity contribution in [1.82, 2.24) is 19.2 Å². The average molecular weight is 346 g/mol. The lowest BCUT2D eigenvalue weighted by molar-refractivity contribution is 0.0315. The second-order valence-electron chi connectivity index (χ2n) is 6.74. The van der Waals surface area contributed by atoms with Crippen molar-refractivity contribution in [3.8, 4) is 0 Å². The van der Waals surface area contributed by atoms with Gasteiger partial charge in [-0.15, -0.1) is 0 Å². The lowest BCUT2D eigenvalue weighted by Gasteiger charge is -2.39. The van der Waals surface area contributed by atoms with Crippen LogP contribution in [0, 0.1) is 6.92 Å². The Hall–Kier alpha value is -1.57. The smallest absolute Gasteiger partial charge is 0.255 e. The van der Waals surface area contributed by atoms with Crippen molar-refractivity contribution in [2.75, 3.05) is 26.2 Å². The van der Waals surface area contributed by atoms with Gasteiger partial charge in [0.25, 0.3) is 5.91 Å². The van der Waals surface area contributed by atoms with Gasteiger partial charge in [0.1, 0.15) is 4.83 Å². The Labute approximate surface area is 145 Å². The van der Waals surface area contributed by atoms with Crippen molar-refractivity contribution in [3.05, 3.63) is 23.5 Å². The Morgan fingerprint density at radius 1 is 1.29 bits per heavy atom. The molecule has 1 aliphatic carbocycles. The topological polar surface area (TPSA) is 69.6 Å². The van der Waals surface area contributed by atoms with E-state index >= 15 is 0 Å². The summed E-state index contributed by atoms with van der Waals surface area (Å²) in [5.41, 5.74) is 1.57. The SMILES string of the molecule is Cc1nsc2ncc(C(=O)N3CCN([C@H]4CCC[C@@H]4O)CC3)cc12. The van der Waals surface area contributed by atoms with E-state index in [-0.39, 0.29) is 18.1 Å². The van der Waals surface area contributed by atoms with Crippen molar-refractivity contribution in [2.24, 2.45) is 0 Å². The zero-order chi connectivity index (χ0) is 16.7. The molecule has 0 bridgehead atoms. The molecule has 1 amide bonds. The number of piperazine rings is 1. The summed E-state index contributed by atoms with van der Waals surface area (Å²) in [7, 11) is 0. The standard InChI is InChI=1S/C17H22N4O2S/c1-11-13-9-12(10-18-16(13)24-19-11)17(23)21-7-5-20(6-8-21)14-3-2-4-15(14)22/h9-10,14-15,22H,2-8H2,1H3/t14-,15-/m0/s1. The summed E-state index contributed by atoms with van der Waals surface area (Å²) in [5.74, 6) is 0.0432. The number of aliphatic hydroxyl groups excluding tert-OH is 1. The number of carbonyl (C=O) groups excluding carboxylic acids is 1. The molecule has 4 rings (SSSR count). The van der Waals surface area contributed by atoms with Crippen LogP contribution in [0.3, 0.4) is 0 Å². The number of fused-ring (bicyclic) bond motifs is 1. The molecule has 1 saturated carbocycles. The van der Waals surface area contributed by atoms with Crippen LogP contribution in [0.5, 0.6) is 0 Å². The lowest BCUT2D eigenvalue weighted by atomic mass is 10.1. The molecule has 2 aromatic heterocycles. The summed E-state index contributed by atoms with van der Waals surface area (Å²) < 4.78 is 4.29. The molecule has 1 N–H and O–H groups in total. The van der Waals surface area contributed by atoms with E-state index in [1.54, 1.807) is 6.20 Å². The van der Waals surface area contributed by atoms with E-state index in [2.05, 4.69) is 14.3 Å². The van der Waals surface area contributed by atoms with Gasteiger partial charge in [-0.3, -0.25) is 9.69 Å². The van der Waals surface area contributed by atoms with E-state index in [0.29, 0.717) is 18.7 Å². The van der Waals surface area contributed by atoms with Gasteiger partial charge in [0, 0.05) is 43.8 Å². The fourth-order valence-corrected chi connectivity index (χ4v) is 4.57. The number of aliphatic hydroxyl groups is 1. The minimum atomic E-state index is -0.201. The first-order chi connectivity index (χ1) is 11.6. The highest BCUT2D eigenvalue weighted by Crippen LogP contribution is 2.26. The molecule has 1 saturated heterocycles. The average Bonchev–Trinajstić information content (AvgIpc) is 3.20. The largest absolute Gasteiger partial charge is 0.391 e. The summed E-state index contributed by atoms with van der Waals surface area (Å²) in [6.07, 6.45) is 4.54. The van der Waals surface area contributed by atoms with Crippen LogP contribution in [0.4, 0.5) is 0 Å². The maximum atomic E-state index is 12.8. The minimum absolute atomic E-state index is 0.0432. The van der Waals surface area contributed by atoms with Crippen molar-refractivity contribution < 1.29 is 9.90 Å². The number of carbonyl (C=O) groups is 1. The number of hydrogen-bond donors (Lipinski definition) is 1. The highest BCUT2D eigenvalue weighted by Gasteiger charge is 2.33. The van der Waals surface area contributed by atoms with E-state index in [1.807, 2.05) is 17.9 Å². The highest BCUT2D eigenvalue weighted by atomic mass is 32.1. The zero-order valence-electron chi connectivity index (χ0n) is 13.8.